The van der Waals surface area contributed by atoms with E-state index in [2.05, 4.69) is 5.32 Å². The summed E-state index contributed by atoms with van der Waals surface area (Å²) in [5.74, 6) is -0.0638. The summed E-state index contributed by atoms with van der Waals surface area (Å²) in [6.45, 7) is 1.69. The van der Waals surface area contributed by atoms with Crippen LogP contribution in [0.1, 0.15) is 37.7 Å². The number of fused-ring (bicyclic) bond motifs is 1. The number of carbonyl (C=O) groups is 1. The Morgan fingerprint density at radius 2 is 1.84 bits per heavy atom. The summed E-state index contributed by atoms with van der Waals surface area (Å²) in [5.41, 5.74) is 1.52. The molecule has 1 fully saturated rings. The molecule has 1 aliphatic carbocycles. The lowest BCUT2D eigenvalue weighted by Crippen LogP contribution is -2.39. The molecule has 3 aromatic rings. The van der Waals surface area contributed by atoms with Crippen LogP contribution >= 0.6 is 23.2 Å². The van der Waals surface area contributed by atoms with E-state index in [1.54, 1.807) is 0 Å². The molecule has 0 aliphatic heterocycles. The zero-order valence-corrected chi connectivity index (χ0v) is 18.7. The average Bonchev–Trinajstić information content (AvgIpc) is 2.75. The van der Waals surface area contributed by atoms with Crippen molar-refractivity contribution in [2.75, 3.05) is 6.61 Å². The van der Waals surface area contributed by atoms with Gasteiger partial charge in [0, 0.05) is 16.6 Å². The van der Waals surface area contributed by atoms with Crippen LogP contribution in [0.25, 0.3) is 22.3 Å². The lowest BCUT2D eigenvalue weighted by atomic mass is 9.95. The summed E-state index contributed by atoms with van der Waals surface area (Å²) in [4.78, 5) is 25.7. The lowest BCUT2D eigenvalue weighted by molar-refractivity contribution is -0.124. The molecule has 1 aromatic heterocycles. The molecule has 7 heteroatoms. The van der Waals surface area contributed by atoms with E-state index in [1.807, 2.05) is 31.2 Å². The van der Waals surface area contributed by atoms with E-state index < -0.39 is 5.43 Å². The molecule has 5 nitrogen and oxygen atoms in total. The van der Waals surface area contributed by atoms with E-state index in [1.165, 1.54) is 18.6 Å². The van der Waals surface area contributed by atoms with Gasteiger partial charge in [-0.3, -0.25) is 9.59 Å². The first-order valence-electron chi connectivity index (χ1n) is 10.4. The topological polar surface area (TPSA) is 68.5 Å². The second-order valence-corrected chi connectivity index (χ2v) is 8.75. The van der Waals surface area contributed by atoms with Crippen LogP contribution in [0.4, 0.5) is 0 Å². The van der Waals surface area contributed by atoms with E-state index in [0.717, 1.165) is 31.2 Å². The predicted octanol–water partition coefficient (Wildman–Crippen LogP) is 5.90. The highest BCUT2D eigenvalue weighted by atomic mass is 35.5. The number of amides is 1. The minimum absolute atomic E-state index is 0.0338. The zero-order valence-electron chi connectivity index (χ0n) is 17.2. The van der Waals surface area contributed by atoms with E-state index in [9.17, 15) is 9.59 Å². The second kappa shape index (κ2) is 9.33. The Kier molecular flexibility index (Phi) is 6.54. The van der Waals surface area contributed by atoms with Gasteiger partial charge in [0.25, 0.3) is 5.91 Å². The third-order valence-electron chi connectivity index (χ3n) is 5.50. The normalized spacial score (nSPS) is 14.5. The van der Waals surface area contributed by atoms with Crippen LogP contribution in [0.2, 0.25) is 10.0 Å². The van der Waals surface area contributed by atoms with Gasteiger partial charge in [0.2, 0.25) is 11.2 Å². The van der Waals surface area contributed by atoms with Crippen molar-refractivity contribution >= 4 is 40.1 Å². The molecule has 1 amide bonds. The van der Waals surface area contributed by atoms with Crippen LogP contribution in [0.5, 0.6) is 5.75 Å². The van der Waals surface area contributed by atoms with Crippen LogP contribution in [0.3, 0.4) is 0 Å². The monoisotopic (exact) mass is 459 g/mol. The lowest BCUT2D eigenvalue weighted by Gasteiger charge is -2.22. The molecule has 1 saturated carbocycles. The Morgan fingerprint density at radius 1 is 1.13 bits per heavy atom. The second-order valence-electron chi connectivity index (χ2n) is 7.91. The maximum Gasteiger partial charge on any atom is 0.258 e. The van der Waals surface area contributed by atoms with Crippen molar-refractivity contribution in [3.8, 4) is 17.1 Å². The highest BCUT2D eigenvalue weighted by molar-refractivity contribution is 6.38. The summed E-state index contributed by atoms with van der Waals surface area (Å²) in [6, 6.07) is 10.6. The van der Waals surface area contributed by atoms with Crippen LogP contribution in [-0.4, -0.2) is 18.6 Å². The number of benzene rings is 2. The number of rotatable bonds is 5. The number of nitrogens with one attached hydrogen (secondary N) is 1. The van der Waals surface area contributed by atoms with Gasteiger partial charge in [-0.05, 0) is 31.9 Å². The molecule has 0 bridgehead atoms. The number of hydrogen-bond acceptors (Lipinski definition) is 4. The van der Waals surface area contributed by atoms with Gasteiger partial charge < -0.3 is 14.5 Å². The first kappa shape index (κ1) is 21.7. The molecule has 1 aliphatic rings. The fourth-order valence-corrected chi connectivity index (χ4v) is 4.42. The Morgan fingerprint density at radius 3 is 2.55 bits per heavy atom. The molecule has 0 spiro atoms. The van der Waals surface area contributed by atoms with E-state index in [0.29, 0.717) is 10.6 Å². The van der Waals surface area contributed by atoms with E-state index >= 15 is 0 Å². The largest absolute Gasteiger partial charge is 0.476 e. The van der Waals surface area contributed by atoms with Gasteiger partial charge in [-0.1, -0.05) is 72.3 Å². The van der Waals surface area contributed by atoms with Crippen LogP contribution < -0.4 is 15.5 Å². The fraction of sp³-hybridized carbons (Fsp3) is 0.333. The molecule has 0 saturated heterocycles. The molecule has 162 valence electrons. The maximum atomic E-state index is 13.3. The first-order chi connectivity index (χ1) is 14.9. The van der Waals surface area contributed by atoms with Crippen molar-refractivity contribution in [3.63, 3.8) is 0 Å². The summed E-state index contributed by atoms with van der Waals surface area (Å²) in [7, 11) is 0. The quantitative estimate of drug-likeness (QED) is 0.515. The fourth-order valence-electron chi connectivity index (χ4n) is 3.89. The highest BCUT2D eigenvalue weighted by Gasteiger charge is 2.22. The number of ether oxygens (including phenoxy) is 1. The summed E-state index contributed by atoms with van der Waals surface area (Å²) in [5, 5.41) is 3.74. The smallest absolute Gasteiger partial charge is 0.258 e. The molecule has 1 heterocycles. The minimum atomic E-state index is -0.424. The van der Waals surface area contributed by atoms with Gasteiger partial charge in [0.1, 0.15) is 0 Å². The SMILES string of the molecule is Cc1ccc(-c2oc3c(Cl)cc(Cl)cc3c(=O)c2OCC(=O)NC2CCCCC2)cc1. The standard InChI is InChI=1S/C24H23Cl2NO4/c1-14-7-9-15(10-8-14)22-24(30-13-20(28)27-17-5-3-2-4-6-17)21(29)18-11-16(25)12-19(26)23(18)31-22/h7-12,17H,2-6,13H2,1H3,(H,27,28). The Balaban J connectivity index is 1.70. The van der Waals surface area contributed by atoms with Gasteiger partial charge in [-0.15, -0.1) is 0 Å². The van der Waals surface area contributed by atoms with Gasteiger partial charge in [0.05, 0.1) is 10.4 Å². The number of halogens is 2. The Hall–Kier alpha value is -2.50. The third-order valence-corrected chi connectivity index (χ3v) is 6.00. The molecule has 0 atom stereocenters. The molecule has 1 N–H and O–H groups in total. The Bertz CT molecular complexity index is 1160. The van der Waals surface area contributed by atoms with E-state index in [4.69, 9.17) is 32.4 Å². The third kappa shape index (κ3) is 4.89. The average molecular weight is 460 g/mol. The summed E-state index contributed by atoms with van der Waals surface area (Å²) < 4.78 is 11.8. The van der Waals surface area contributed by atoms with Crippen LogP contribution in [-0.2, 0) is 4.79 Å². The van der Waals surface area contributed by atoms with Crippen LogP contribution in [0, 0.1) is 6.92 Å². The van der Waals surface area contributed by atoms with E-state index in [-0.39, 0.29) is 46.1 Å². The molecule has 31 heavy (non-hydrogen) atoms. The number of aryl methyl sites for hydroxylation is 1. The first-order valence-corrected chi connectivity index (χ1v) is 11.1. The summed E-state index contributed by atoms with van der Waals surface area (Å²) in [6.07, 6.45) is 5.36. The summed E-state index contributed by atoms with van der Waals surface area (Å²) >= 11 is 12.4. The zero-order chi connectivity index (χ0) is 22.0. The van der Waals surface area contributed by atoms with Crippen LogP contribution in [0.15, 0.2) is 45.6 Å². The Labute approximate surface area is 190 Å². The van der Waals surface area contributed by atoms with Crippen molar-refractivity contribution in [1.82, 2.24) is 5.32 Å². The number of carbonyl (C=O) groups excluding carboxylic acids is 1. The van der Waals surface area contributed by atoms with Crippen molar-refractivity contribution in [2.24, 2.45) is 0 Å². The van der Waals surface area contributed by atoms with Gasteiger partial charge in [-0.25, -0.2) is 0 Å². The minimum Gasteiger partial charge on any atom is -0.476 e. The van der Waals surface area contributed by atoms with Gasteiger partial charge in [0.15, 0.2) is 18.0 Å². The molecule has 0 radical (unpaired) electrons. The molecule has 2 aromatic carbocycles. The maximum absolute atomic E-state index is 13.3. The predicted molar refractivity (Wildman–Crippen MR) is 123 cm³/mol. The van der Waals surface area contributed by atoms with Crippen molar-refractivity contribution in [2.45, 2.75) is 45.1 Å². The van der Waals surface area contributed by atoms with Gasteiger partial charge >= 0.3 is 0 Å². The highest BCUT2D eigenvalue weighted by Crippen LogP contribution is 2.35. The van der Waals surface area contributed by atoms with Crippen molar-refractivity contribution in [1.29, 1.82) is 0 Å². The number of hydrogen-bond donors (Lipinski definition) is 1. The molecular formula is C24H23Cl2NO4. The molecular weight excluding hydrogens is 437 g/mol. The van der Waals surface area contributed by atoms with Crippen molar-refractivity contribution < 1.29 is 13.9 Å². The molecule has 0 unspecified atom stereocenters. The molecule has 4 rings (SSSR count). The van der Waals surface area contributed by atoms with Crippen molar-refractivity contribution in [3.05, 3.63) is 62.2 Å². The van der Waals surface area contributed by atoms with Gasteiger partial charge in [-0.2, -0.15) is 0 Å².